The number of hydrogen-bond acceptors (Lipinski definition) is 2. The zero-order valence-corrected chi connectivity index (χ0v) is 10.5. The summed E-state index contributed by atoms with van der Waals surface area (Å²) >= 11 is 0. The summed E-state index contributed by atoms with van der Waals surface area (Å²) in [6, 6.07) is -0.0887. The minimum absolute atomic E-state index is 0.0699. The zero-order chi connectivity index (χ0) is 12.3. The topological polar surface area (TPSA) is 61.4 Å². The monoisotopic (exact) mass is 227 g/mol. The van der Waals surface area contributed by atoms with Crippen LogP contribution in [0.1, 0.15) is 34.1 Å². The third-order valence-corrected chi connectivity index (χ3v) is 2.46. The SMILES string of the molecule is CC(=O)N1CCC(NC(=O)NC(C)(C)C)C1. The minimum atomic E-state index is -0.233. The Morgan fingerprint density at radius 3 is 2.38 bits per heavy atom. The van der Waals surface area contributed by atoms with Crippen LogP contribution >= 0.6 is 0 Å². The number of nitrogens with zero attached hydrogens (tertiary/aromatic N) is 1. The Hall–Kier alpha value is -1.26. The van der Waals surface area contributed by atoms with Crippen LogP contribution in [0.4, 0.5) is 4.79 Å². The molecule has 0 aromatic heterocycles. The number of rotatable bonds is 1. The van der Waals surface area contributed by atoms with E-state index in [9.17, 15) is 9.59 Å². The number of amides is 3. The average molecular weight is 227 g/mol. The molecule has 5 nitrogen and oxygen atoms in total. The van der Waals surface area contributed by atoms with E-state index in [1.54, 1.807) is 11.8 Å². The standard InChI is InChI=1S/C11H21N3O2/c1-8(15)14-6-5-9(7-14)12-10(16)13-11(2,3)4/h9H,5-7H2,1-4H3,(H2,12,13,16). The van der Waals surface area contributed by atoms with Gasteiger partial charge in [0.25, 0.3) is 0 Å². The van der Waals surface area contributed by atoms with Crippen LogP contribution in [0.15, 0.2) is 0 Å². The highest BCUT2D eigenvalue weighted by Gasteiger charge is 2.26. The maximum absolute atomic E-state index is 11.6. The van der Waals surface area contributed by atoms with E-state index in [0.717, 1.165) is 13.0 Å². The molecule has 0 aromatic carbocycles. The predicted molar refractivity (Wildman–Crippen MR) is 62.1 cm³/mol. The molecule has 1 atom stereocenters. The molecule has 1 aliphatic heterocycles. The average Bonchev–Trinajstić information content (AvgIpc) is 2.48. The van der Waals surface area contributed by atoms with Crippen LogP contribution < -0.4 is 10.6 Å². The van der Waals surface area contributed by atoms with Gasteiger partial charge in [-0.25, -0.2) is 4.79 Å². The smallest absolute Gasteiger partial charge is 0.315 e. The molecule has 1 heterocycles. The molecule has 1 fully saturated rings. The number of likely N-dealkylation sites (tertiary alicyclic amines) is 1. The number of hydrogen-bond donors (Lipinski definition) is 2. The van der Waals surface area contributed by atoms with Gasteiger partial charge in [0.2, 0.25) is 5.91 Å². The Morgan fingerprint density at radius 2 is 1.94 bits per heavy atom. The Kier molecular flexibility index (Phi) is 3.78. The summed E-state index contributed by atoms with van der Waals surface area (Å²) in [4.78, 5) is 24.4. The van der Waals surface area contributed by atoms with Gasteiger partial charge in [0.1, 0.15) is 0 Å². The summed E-state index contributed by atoms with van der Waals surface area (Å²) in [5.74, 6) is 0.0699. The lowest BCUT2D eigenvalue weighted by atomic mass is 10.1. The highest BCUT2D eigenvalue weighted by Crippen LogP contribution is 2.09. The normalized spacial score (nSPS) is 20.8. The van der Waals surface area contributed by atoms with Crippen molar-refractivity contribution in [1.82, 2.24) is 15.5 Å². The van der Waals surface area contributed by atoms with E-state index < -0.39 is 0 Å². The lowest BCUT2D eigenvalue weighted by Crippen LogP contribution is -2.50. The molecule has 1 saturated heterocycles. The van der Waals surface area contributed by atoms with Crippen molar-refractivity contribution in [2.75, 3.05) is 13.1 Å². The molecule has 0 bridgehead atoms. The van der Waals surface area contributed by atoms with Gasteiger partial charge in [-0.05, 0) is 27.2 Å². The van der Waals surface area contributed by atoms with Gasteiger partial charge in [0, 0.05) is 31.6 Å². The van der Waals surface area contributed by atoms with Crippen LogP contribution in [-0.2, 0) is 4.79 Å². The fraction of sp³-hybridized carbons (Fsp3) is 0.818. The Balaban J connectivity index is 2.34. The van der Waals surface area contributed by atoms with E-state index in [-0.39, 0.29) is 23.5 Å². The van der Waals surface area contributed by atoms with Crippen molar-refractivity contribution in [2.45, 2.75) is 45.7 Å². The third-order valence-electron chi connectivity index (χ3n) is 2.46. The van der Waals surface area contributed by atoms with E-state index in [1.165, 1.54) is 0 Å². The first-order valence-electron chi connectivity index (χ1n) is 5.62. The quantitative estimate of drug-likeness (QED) is 0.693. The van der Waals surface area contributed by atoms with Crippen LogP contribution in [0.2, 0.25) is 0 Å². The summed E-state index contributed by atoms with van der Waals surface area (Å²) < 4.78 is 0. The second kappa shape index (κ2) is 4.72. The highest BCUT2D eigenvalue weighted by molar-refractivity contribution is 5.76. The molecule has 3 amide bonds. The predicted octanol–water partition coefficient (Wildman–Crippen LogP) is 0.705. The number of carbonyl (C=O) groups is 2. The van der Waals surface area contributed by atoms with Crippen molar-refractivity contribution in [1.29, 1.82) is 0 Å². The first-order chi connectivity index (χ1) is 7.28. The van der Waals surface area contributed by atoms with E-state index in [0.29, 0.717) is 6.54 Å². The fourth-order valence-corrected chi connectivity index (χ4v) is 1.73. The molecule has 0 radical (unpaired) electrons. The van der Waals surface area contributed by atoms with Crippen molar-refractivity contribution < 1.29 is 9.59 Å². The van der Waals surface area contributed by atoms with Crippen molar-refractivity contribution in [2.24, 2.45) is 0 Å². The molecule has 1 rings (SSSR count). The largest absolute Gasteiger partial charge is 0.341 e. The van der Waals surface area contributed by atoms with Gasteiger partial charge < -0.3 is 15.5 Å². The van der Waals surface area contributed by atoms with Crippen molar-refractivity contribution in [3.05, 3.63) is 0 Å². The molecule has 0 aliphatic carbocycles. The van der Waals surface area contributed by atoms with E-state index in [1.807, 2.05) is 20.8 Å². The summed E-state index contributed by atoms with van der Waals surface area (Å²) in [7, 11) is 0. The van der Waals surface area contributed by atoms with Crippen molar-refractivity contribution in [3.8, 4) is 0 Å². The molecule has 16 heavy (non-hydrogen) atoms. The molecular formula is C11H21N3O2. The highest BCUT2D eigenvalue weighted by atomic mass is 16.2. The van der Waals surface area contributed by atoms with E-state index in [4.69, 9.17) is 0 Å². The molecule has 92 valence electrons. The molecule has 0 aromatic rings. The van der Waals surface area contributed by atoms with Crippen LogP contribution in [0.5, 0.6) is 0 Å². The van der Waals surface area contributed by atoms with Crippen LogP contribution in [-0.4, -0.2) is 41.5 Å². The lowest BCUT2D eigenvalue weighted by molar-refractivity contribution is -0.127. The van der Waals surface area contributed by atoms with Gasteiger partial charge in [-0.15, -0.1) is 0 Å². The van der Waals surface area contributed by atoms with E-state index >= 15 is 0 Å². The maximum Gasteiger partial charge on any atom is 0.315 e. The molecule has 1 aliphatic rings. The number of urea groups is 1. The second-order valence-electron chi connectivity index (χ2n) is 5.30. The van der Waals surface area contributed by atoms with Gasteiger partial charge >= 0.3 is 6.03 Å². The number of nitrogens with one attached hydrogen (secondary N) is 2. The Bertz CT molecular complexity index is 283. The van der Waals surface area contributed by atoms with Crippen LogP contribution in [0.25, 0.3) is 0 Å². The van der Waals surface area contributed by atoms with E-state index in [2.05, 4.69) is 10.6 Å². The second-order valence-corrected chi connectivity index (χ2v) is 5.30. The lowest BCUT2D eigenvalue weighted by Gasteiger charge is -2.22. The summed E-state index contributed by atoms with van der Waals surface area (Å²) in [6.07, 6.45) is 0.830. The summed E-state index contributed by atoms with van der Waals surface area (Å²) in [6.45, 7) is 8.70. The van der Waals surface area contributed by atoms with Gasteiger partial charge in [0.15, 0.2) is 0 Å². The maximum atomic E-state index is 11.6. The Labute approximate surface area is 96.6 Å². The first-order valence-corrected chi connectivity index (χ1v) is 5.62. The summed E-state index contributed by atoms with van der Waals surface area (Å²) in [5, 5.41) is 5.71. The first kappa shape index (κ1) is 12.8. The third kappa shape index (κ3) is 4.08. The van der Waals surface area contributed by atoms with Crippen molar-refractivity contribution in [3.63, 3.8) is 0 Å². The van der Waals surface area contributed by atoms with Crippen LogP contribution in [0.3, 0.4) is 0 Å². The van der Waals surface area contributed by atoms with Crippen LogP contribution in [0, 0.1) is 0 Å². The van der Waals surface area contributed by atoms with Gasteiger partial charge in [-0.3, -0.25) is 4.79 Å². The molecular weight excluding hydrogens is 206 g/mol. The molecule has 0 spiro atoms. The molecule has 0 saturated carbocycles. The van der Waals surface area contributed by atoms with Gasteiger partial charge in [-0.1, -0.05) is 0 Å². The summed E-state index contributed by atoms with van der Waals surface area (Å²) in [5.41, 5.74) is -0.233. The minimum Gasteiger partial charge on any atom is -0.341 e. The van der Waals surface area contributed by atoms with Crippen molar-refractivity contribution >= 4 is 11.9 Å². The van der Waals surface area contributed by atoms with Gasteiger partial charge in [-0.2, -0.15) is 0 Å². The molecule has 1 unspecified atom stereocenters. The molecule has 2 N–H and O–H groups in total. The zero-order valence-electron chi connectivity index (χ0n) is 10.5. The Morgan fingerprint density at radius 1 is 1.31 bits per heavy atom. The molecule has 5 heteroatoms. The van der Waals surface area contributed by atoms with Gasteiger partial charge in [0.05, 0.1) is 0 Å². The number of carbonyl (C=O) groups excluding carboxylic acids is 2. The fourth-order valence-electron chi connectivity index (χ4n) is 1.73.